The molecular weight excluding hydrogens is 276 g/mol. The lowest BCUT2D eigenvalue weighted by Crippen LogP contribution is -2.47. The van der Waals surface area contributed by atoms with Gasteiger partial charge in [-0.2, -0.15) is 11.8 Å². The number of hydrogen-bond acceptors (Lipinski definition) is 5. The highest BCUT2D eigenvalue weighted by atomic mass is 32.2. The van der Waals surface area contributed by atoms with Gasteiger partial charge in [0, 0.05) is 16.3 Å². The molecule has 1 aliphatic rings. The van der Waals surface area contributed by atoms with Crippen molar-refractivity contribution in [1.29, 1.82) is 0 Å². The lowest BCUT2D eigenvalue weighted by molar-refractivity contribution is -0.147. The Morgan fingerprint density at radius 1 is 1.28 bits per heavy atom. The average molecular weight is 293 g/mol. The molecule has 1 rings (SSSR count). The monoisotopic (exact) mass is 293 g/mol. The van der Waals surface area contributed by atoms with Crippen molar-refractivity contribution >= 4 is 41.2 Å². The number of hydrogen-bond donors (Lipinski definition) is 4. The van der Waals surface area contributed by atoms with E-state index < -0.39 is 18.0 Å². The summed E-state index contributed by atoms with van der Waals surface area (Å²) in [5, 5.41) is 23.3. The van der Waals surface area contributed by atoms with E-state index in [9.17, 15) is 9.59 Å². The number of thioether (sulfide) groups is 2. The Hall–Kier alpha value is -0.730. The number of carbonyl (C=O) groups is 2. The second-order valence-electron chi connectivity index (χ2n) is 4.07. The van der Waals surface area contributed by atoms with Gasteiger partial charge in [0.2, 0.25) is 0 Å². The largest absolute Gasteiger partial charge is 0.480 e. The zero-order chi connectivity index (χ0) is 13.7. The fourth-order valence-corrected chi connectivity index (χ4v) is 4.27. The molecule has 18 heavy (non-hydrogen) atoms. The molecule has 0 amide bonds. The van der Waals surface area contributed by atoms with Crippen molar-refractivity contribution in [2.24, 2.45) is 5.73 Å². The summed E-state index contributed by atoms with van der Waals surface area (Å²) in [6.07, 6.45) is 2.03. The third kappa shape index (κ3) is 4.51. The van der Waals surface area contributed by atoms with Crippen LogP contribution in [-0.4, -0.2) is 55.9 Å². The maximum atomic E-state index is 10.6. The Morgan fingerprint density at radius 3 is 2.28 bits per heavy atom. The van der Waals surface area contributed by atoms with Crippen LogP contribution >= 0.6 is 23.5 Å². The van der Waals surface area contributed by atoms with Crippen LogP contribution in [0.25, 0.3) is 0 Å². The summed E-state index contributed by atoms with van der Waals surface area (Å²) in [5.74, 6) is -1.37. The summed E-state index contributed by atoms with van der Waals surface area (Å²) in [7, 11) is 0. The van der Waals surface area contributed by atoms with Crippen molar-refractivity contribution in [3.63, 3.8) is 0 Å². The van der Waals surface area contributed by atoms with E-state index in [1.165, 1.54) is 11.8 Å². The van der Waals surface area contributed by atoms with E-state index >= 15 is 0 Å². The lowest BCUT2D eigenvalue weighted by Gasteiger charge is -2.35. The number of nitrogens with two attached hydrogens (primary N) is 2. The topological polar surface area (TPSA) is 126 Å². The van der Waals surface area contributed by atoms with Crippen molar-refractivity contribution < 1.29 is 25.2 Å². The molecule has 0 aliphatic heterocycles. The van der Waals surface area contributed by atoms with E-state index in [-0.39, 0.29) is 5.71 Å². The molecule has 1 aliphatic carbocycles. The van der Waals surface area contributed by atoms with Crippen LogP contribution in [0.5, 0.6) is 0 Å². The molecule has 0 aromatic carbocycles. The zero-order valence-electron chi connectivity index (χ0n) is 9.74. The molecule has 6 N–H and O–H groups in total. The third-order valence-corrected chi connectivity index (χ3v) is 5.87. The van der Waals surface area contributed by atoms with Gasteiger partial charge in [0.25, 0.3) is 5.71 Å². The molecule has 6 nitrogen and oxygen atoms in total. The number of aliphatic carboxylic acids is 2. The van der Waals surface area contributed by atoms with Crippen LogP contribution in [-0.2, 0) is 9.59 Å². The van der Waals surface area contributed by atoms with Gasteiger partial charge < -0.3 is 15.9 Å². The molecular formula is C10H17N2O4S2+. The Bertz CT molecular complexity index is 351. The van der Waals surface area contributed by atoms with Crippen LogP contribution in [0.4, 0.5) is 0 Å². The fraction of sp³-hybridized carbons (Fsp3) is 0.700. The molecule has 0 radical (unpaired) electrons. The predicted molar refractivity (Wildman–Crippen MR) is 71.9 cm³/mol. The van der Waals surface area contributed by atoms with Gasteiger partial charge in [0.05, 0.1) is 5.75 Å². The highest BCUT2D eigenvalue weighted by Crippen LogP contribution is 2.40. The van der Waals surface area contributed by atoms with Crippen molar-refractivity contribution in [2.75, 3.05) is 11.5 Å². The van der Waals surface area contributed by atoms with Gasteiger partial charge >= 0.3 is 11.9 Å². The SMILES string of the molecule is NC(CSC1CCC1SCC(=[NH2+])C(=O)O)C(=O)O. The first-order chi connectivity index (χ1) is 8.41. The van der Waals surface area contributed by atoms with Crippen LogP contribution in [0, 0.1) is 0 Å². The van der Waals surface area contributed by atoms with Crippen molar-refractivity contribution in [2.45, 2.75) is 29.4 Å². The Balaban J connectivity index is 2.23. The first-order valence-electron chi connectivity index (χ1n) is 5.48. The molecule has 3 atom stereocenters. The number of carboxylic acid groups (broad SMARTS) is 2. The van der Waals surface area contributed by atoms with Crippen LogP contribution < -0.4 is 11.1 Å². The fourth-order valence-electron chi connectivity index (χ4n) is 1.38. The van der Waals surface area contributed by atoms with E-state index in [0.29, 0.717) is 22.0 Å². The second-order valence-corrected chi connectivity index (χ2v) is 6.57. The quantitative estimate of drug-likeness (QED) is 0.409. The minimum atomic E-state index is -1.07. The summed E-state index contributed by atoms with van der Waals surface area (Å²) in [6, 6.07) is -0.836. The smallest absolute Gasteiger partial charge is 0.396 e. The molecule has 0 aromatic heterocycles. The van der Waals surface area contributed by atoms with Gasteiger partial charge in [-0.25, -0.2) is 4.79 Å². The molecule has 0 aromatic rings. The molecule has 1 fully saturated rings. The zero-order valence-corrected chi connectivity index (χ0v) is 11.4. The summed E-state index contributed by atoms with van der Waals surface area (Å²) < 4.78 is 0. The number of rotatable bonds is 8. The summed E-state index contributed by atoms with van der Waals surface area (Å²) >= 11 is 3.06. The first-order valence-corrected chi connectivity index (χ1v) is 7.57. The van der Waals surface area contributed by atoms with E-state index in [0.717, 1.165) is 12.8 Å². The molecule has 102 valence electrons. The highest BCUT2D eigenvalue weighted by Gasteiger charge is 2.33. The molecule has 8 heteroatoms. The van der Waals surface area contributed by atoms with Crippen molar-refractivity contribution in [3.8, 4) is 0 Å². The van der Waals surface area contributed by atoms with Crippen LogP contribution in [0.15, 0.2) is 0 Å². The minimum Gasteiger partial charge on any atom is -0.480 e. The van der Waals surface area contributed by atoms with E-state index in [2.05, 4.69) is 0 Å². The number of carboxylic acids is 2. The molecule has 1 saturated carbocycles. The summed E-state index contributed by atoms with van der Waals surface area (Å²) in [5.41, 5.74) is 5.38. The van der Waals surface area contributed by atoms with Gasteiger partial charge in [-0.3, -0.25) is 10.2 Å². The minimum absolute atomic E-state index is 0.0436. The summed E-state index contributed by atoms with van der Waals surface area (Å²) in [4.78, 5) is 21.1. The Kier molecular flexibility index (Phi) is 5.97. The normalized spacial score (nSPS) is 24.1. The maximum absolute atomic E-state index is 10.6. The molecule has 0 saturated heterocycles. The van der Waals surface area contributed by atoms with Gasteiger partial charge in [-0.1, -0.05) is 0 Å². The third-order valence-electron chi connectivity index (χ3n) is 2.69. The molecule has 0 spiro atoms. The maximum Gasteiger partial charge on any atom is 0.396 e. The van der Waals surface area contributed by atoms with E-state index in [1.54, 1.807) is 11.8 Å². The highest BCUT2D eigenvalue weighted by molar-refractivity contribution is 8.04. The predicted octanol–water partition coefficient (Wildman–Crippen LogP) is -1.32. The average Bonchev–Trinajstić information content (AvgIpc) is 2.27. The van der Waals surface area contributed by atoms with Gasteiger partial charge in [0.15, 0.2) is 0 Å². The van der Waals surface area contributed by atoms with E-state index in [1.807, 2.05) is 0 Å². The molecule has 0 bridgehead atoms. The molecule has 3 unspecified atom stereocenters. The lowest BCUT2D eigenvalue weighted by atomic mass is 9.99. The Labute approximate surface area is 113 Å². The van der Waals surface area contributed by atoms with E-state index in [4.69, 9.17) is 21.4 Å². The van der Waals surface area contributed by atoms with Crippen LogP contribution in [0.3, 0.4) is 0 Å². The van der Waals surface area contributed by atoms with Gasteiger partial charge in [-0.05, 0) is 12.8 Å². The standard InChI is InChI=1S/C10H16N2O4S2/c11-5(9(13)14)3-17-7-1-2-8(7)18-4-6(12)10(15)16/h5,7-8,12H,1-4,11H2,(H,13,14)(H,15,16)/p+1. The van der Waals surface area contributed by atoms with Crippen LogP contribution in [0.1, 0.15) is 12.8 Å². The summed E-state index contributed by atoms with van der Waals surface area (Å²) in [6.45, 7) is 0. The van der Waals surface area contributed by atoms with Gasteiger partial charge in [0.1, 0.15) is 6.04 Å². The first kappa shape index (κ1) is 15.3. The van der Waals surface area contributed by atoms with Gasteiger partial charge in [-0.15, -0.1) is 11.8 Å². The van der Waals surface area contributed by atoms with Crippen molar-refractivity contribution in [1.82, 2.24) is 0 Å². The second kappa shape index (κ2) is 7.01. The van der Waals surface area contributed by atoms with Crippen molar-refractivity contribution in [3.05, 3.63) is 0 Å². The Morgan fingerprint density at radius 2 is 1.83 bits per heavy atom. The molecule has 0 heterocycles. The van der Waals surface area contributed by atoms with Crippen LogP contribution in [0.2, 0.25) is 0 Å².